The molecule has 0 saturated heterocycles. The molecule has 112 valence electrons. The molecule has 0 atom stereocenters. The number of carbonyl (C=O) groups is 1. The number of esters is 1. The molecule has 0 N–H and O–H groups in total. The van der Waals surface area contributed by atoms with Gasteiger partial charge < -0.3 is 4.74 Å². The van der Waals surface area contributed by atoms with Gasteiger partial charge in [0.2, 0.25) is 0 Å². The van der Waals surface area contributed by atoms with Crippen molar-refractivity contribution in [2.24, 2.45) is 0 Å². The van der Waals surface area contributed by atoms with E-state index in [1.54, 1.807) is 6.20 Å². The van der Waals surface area contributed by atoms with E-state index in [4.69, 9.17) is 4.74 Å². The first-order valence-electron chi connectivity index (χ1n) is 6.82. The highest BCUT2D eigenvalue weighted by atomic mass is 16.6. The predicted molar refractivity (Wildman–Crippen MR) is 75.9 cm³/mol. The second kappa shape index (κ2) is 5.99. The highest BCUT2D eigenvalue weighted by Crippen LogP contribution is 2.15. The van der Waals surface area contributed by atoms with Gasteiger partial charge in [-0.25, -0.2) is 4.98 Å². The van der Waals surface area contributed by atoms with Gasteiger partial charge in [0.05, 0.1) is 6.42 Å². The van der Waals surface area contributed by atoms with Gasteiger partial charge in [-0.15, -0.1) is 5.10 Å². The molecule has 0 aliphatic heterocycles. The van der Waals surface area contributed by atoms with E-state index in [9.17, 15) is 4.79 Å². The van der Waals surface area contributed by atoms with Crippen molar-refractivity contribution in [3.8, 4) is 5.82 Å². The van der Waals surface area contributed by atoms with Gasteiger partial charge in [-0.05, 0) is 54.8 Å². The van der Waals surface area contributed by atoms with Crippen LogP contribution in [-0.2, 0) is 22.4 Å². The number of nitrogens with zero attached hydrogens (tertiary/aromatic N) is 5. The first-order valence-corrected chi connectivity index (χ1v) is 6.82. The molecule has 2 heterocycles. The molecule has 0 aromatic carbocycles. The average molecular weight is 289 g/mol. The summed E-state index contributed by atoms with van der Waals surface area (Å²) in [6.07, 6.45) is 4.16. The standard InChI is InChI=1S/C14H19N5O2/c1-5-10-6-12(19-9-16-17-18-19)15-8-11(10)7-13(20)21-14(2,3)4/h6,8-9H,5,7H2,1-4H3. The average Bonchev–Trinajstić information content (AvgIpc) is 2.90. The van der Waals surface area contributed by atoms with E-state index >= 15 is 0 Å². The smallest absolute Gasteiger partial charge is 0.310 e. The molecular weight excluding hydrogens is 270 g/mol. The number of tetrazole rings is 1. The Morgan fingerprint density at radius 3 is 2.67 bits per heavy atom. The molecule has 0 aliphatic carbocycles. The molecular formula is C14H19N5O2. The van der Waals surface area contributed by atoms with Crippen molar-refractivity contribution in [3.05, 3.63) is 29.7 Å². The first kappa shape index (κ1) is 15.1. The van der Waals surface area contributed by atoms with Gasteiger partial charge in [-0.2, -0.15) is 4.68 Å². The van der Waals surface area contributed by atoms with Crippen molar-refractivity contribution in [1.82, 2.24) is 25.2 Å². The van der Waals surface area contributed by atoms with E-state index in [1.165, 1.54) is 11.0 Å². The zero-order valence-electron chi connectivity index (χ0n) is 12.7. The Bertz CT molecular complexity index is 617. The van der Waals surface area contributed by atoms with Gasteiger partial charge in [-0.1, -0.05) is 6.92 Å². The summed E-state index contributed by atoms with van der Waals surface area (Å²) in [7, 11) is 0. The zero-order chi connectivity index (χ0) is 15.5. The van der Waals surface area contributed by atoms with Crippen LogP contribution in [0.3, 0.4) is 0 Å². The van der Waals surface area contributed by atoms with Crippen molar-refractivity contribution in [3.63, 3.8) is 0 Å². The Balaban J connectivity index is 2.19. The number of hydrogen-bond acceptors (Lipinski definition) is 6. The lowest BCUT2D eigenvalue weighted by Gasteiger charge is -2.20. The normalized spacial score (nSPS) is 11.4. The number of aryl methyl sites for hydroxylation is 1. The fourth-order valence-corrected chi connectivity index (χ4v) is 1.93. The van der Waals surface area contributed by atoms with E-state index in [1.807, 2.05) is 33.8 Å². The van der Waals surface area contributed by atoms with Crippen molar-refractivity contribution in [1.29, 1.82) is 0 Å². The number of ether oxygens (including phenoxy) is 1. The minimum Gasteiger partial charge on any atom is -0.460 e. The van der Waals surface area contributed by atoms with Crippen molar-refractivity contribution >= 4 is 5.97 Å². The third-order valence-corrected chi connectivity index (χ3v) is 2.79. The molecule has 21 heavy (non-hydrogen) atoms. The summed E-state index contributed by atoms with van der Waals surface area (Å²) in [4.78, 5) is 16.2. The highest BCUT2D eigenvalue weighted by Gasteiger charge is 2.18. The first-order chi connectivity index (χ1) is 9.89. The molecule has 0 radical (unpaired) electrons. The van der Waals surface area contributed by atoms with Crippen LogP contribution in [0.1, 0.15) is 38.8 Å². The Labute approximate surface area is 123 Å². The maximum absolute atomic E-state index is 11.9. The van der Waals surface area contributed by atoms with Crippen LogP contribution in [0.4, 0.5) is 0 Å². The lowest BCUT2D eigenvalue weighted by Crippen LogP contribution is -2.25. The van der Waals surface area contributed by atoms with Gasteiger partial charge in [0.15, 0.2) is 5.82 Å². The van der Waals surface area contributed by atoms with Crippen LogP contribution >= 0.6 is 0 Å². The third kappa shape index (κ3) is 4.08. The molecule has 2 rings (SSSR count). The second-order valence-electron chi connectivity index (χ2n) is 5.68. The molecule has 0 saturated carbocycles. The van der Waals surface area contributed by atoms with Gasteiger partial charge >= 0.3 is 5.97 Å². The van der Waals surface area contributed by atoms with Crippen molar-refractivity contribution in [2.75, 3.05) is 0 Å². The fourth-order valence-electron chi connectivity index (χ4n) is 1.93. The van der Waals surface area contributed by atoms with Gasteiger partial charge in [-0.3, -0.25) is 4.79 Å². The summed E-state index contributed by atoms with van der Waals surface area (Å²) in [5.41, 5.74) is 1.41. The number of rotatable bonds is 4. The Morgan fingerprint density at radius 2 is 2.10 bits per heavy atom. The van der Waals surface area contributed by atoms with E-state index in [2.05, 4.69) is 20.5 Å². The lowest BCUT2D eigenvalue weighted by molar-refractivity contribution is -0.153. The maximum atomic E-state index is 11.9. The molecule has 0 fully saturated rings. The monoisotopic (exact) mass is 289 g/mol. The predicted octanol–water partition coefficient (Wildman–Crippen LogP) is 1.50. The molecule has 7 heteroatoms. The molecule has 7 nitrogen and oxygen atoms in total. The van der Waals surface area contributed by atoms with Crippen LogP contribution in [0.15, 0.2) is 18.6 Å². The summed E-state index contributed by atoms with van der Waals surface area (Å²) >= 11 is 0. The molecule has 2 aromatic rings. The summed E-state index contributed by atoms with van der Waals surface area (Å²) in [6, 6.07) is 1.88. The molecule has 0 amide bonds. The molecule has 0 bridgehead atoms. The number of pyridine rings is 1. The number of hydrogen-bond donors (Lipinski definition) is 0. The largest absolute Gasteiger partial charge is 0.460 e. The van der Waals surface area contributed by atoms with Gasteiger partial charge in [0, 0.05) is 6.20 Å². The molecule has 0 aliphatic rings. The molecule has 2 aromatic heterocycles. The van der Waals surface area contributed by atoms with E-state index in [0.29, 0.717) is 5.82 Å². The molecule has 0 unspecified atom stereocenters. The van der Waals surface area contributed by atoms with Crippen molar-refractivity contribution in [2.45, 2.75) is 46.1 Å². The Hall–Kier alpha value is -2.31. The van der Waals surface area contributed by atoms with Gasteiger partial charge in [0.1, 0.15) is 11.9 Å². The van der Waals surface area contributed by atoms with Gasteiger partial charge in [0.25, 0.3) is 0 Å². The SMILES string of the molecule is CCc1cc(-n2cnnn2)ncc1CC(=O)OC(C)(C)C. The second-order valence-corrected chi connectivity index (χ2v) is 5.68. The third-order valence-electron chi connectivity index (χ3n) is 2.79. The van der Waals surface area contributed by atoms with Crippen LogP contribution in [0.2, 0.25) is 0 Å². The summed E-state index contributed by atoms with van der Waals surface area (Å²) in [5.74, 6) is 0.374. The minimum absolute atomic E-state index is 0.212. The van der Waals surface area contributed by atoms with E-state index in [0.717, 1.165) is 17.5 Å². The number of carbonyl (C=O) groups excluding carboxylic acids is 1. The maximum Gasteiger partial charge on any atom is 0.310 e. The fraction of sp³-hybridized carbons (Fsp3) is 0.500. The van der Waals surface area contributed by atoms with Crippen LogP contribution in [0.5, 0.6) is 0 Å². The Kier molecular flexibility index (Phi) is 4.30. The quantitative estimate of drug-likeness (QED) is 0.793. The van der Waals surface area contributed by atoms with Crippen LogP contribution in [0.25, 0.3) is 5.82 Å². The van der Waals surface area contributed by atoms with E-state index < -0.39 is 5.60 Å². The topological polar surface area (TPSA) is 82.8 Å². The summed E-state index contributed by atoms with van der Waals surface area (Å²) in [5, 5.41) is 11.0. The zero-order valence-corrected chi connectivity index (χ0v) is 12.7. The summed E-state index contributed by atoms with van der Waals surface area (Å²) < 4.78 is 6.82. The molecule has 0 spiro atoms. The lowest BCUT2D eigenvalue weighted by atomic mass is 10.0. The number of aromatic nitrogens is 5. The highest BCUT2D eigenvalue weighted by molar-refractivity contribution is 5.73. The van der Waals surface area contributed by atoms with Crippen molar-refractivity contribution < 1.29 is 9.53 Å². The van der Waals surface area contributed by atoms with E-state index in [-0.39, 0.29) is 12.4 Å². The summed E-state index contributed by atoms with van der Waals surface area (Å²) in [6.45, 7) is 7.58. The van der Waals surface area contributed by atoms with Crippen LogP contribution in [0, 0.1) is 0 Å². The van der Waals surface area contributed by atoms with Crippen LogP contribution in [-0.4, -0.2) is 36.8 Å². The minimum atomic E-state index is -0.483. The van der Waals surface area contributed by atoms with Crippen LogP contribution < -0.4 is 0 Å². The Morgan fingerprint density at radius 1 is 1.33 bits per heavy atom.